The van der Waals surface area contributed by atoms with Gasteiger partial charge in [0.05, 0.1) is 17.9 Å². The molecule has 0 bridgehead atoms. The standard InChI is InChI=1S/C21H22N6O/c1-15-23-21(28-25-15)18-7-9-22-20(14-18)17-6-4-5-16(13-17)19-8-10-27(24-19)12-11-26(2)3/h4-10,13-14H,11-12H2,1-3H3. The third-order valence-corrected chi connectivity index (χ3v) is 4.41. The van der Waals surface area contributed by atoms with Crippen molar-refractivity contribution in [2.24, 2.45) is 0 Å². The zero-order valence-electron chi connectivity index (χ0n) is 16.2. The van der Waals surface area contributed by atoms with Gasteiger partial charge in [-0.1, -0.05) is 23.4 Å². The van der Waals surface area contributed by atoms with Crippen molar-refractivity contribution in [3.63, 3.8) is 0 Å². The summed E-state index contributed by atoms with van der Waals surface area (Å²) in [6, 6.07) is 14.1. The van der Waals surface area contributed by atoms with E-state index in [1.807, 2.05) is 41.2 Å². The van der Waals surface area contributed by atoms with Crippen LogP contribution in [0, 0.1) is 6.92 Å². The normalized spacial score (nSPS) is 11.3. The zero-order chi connectivity index (χ0) is 19.5. The summed E-state index contributed by atoms with van der Waals surface area (Å²) in [7, 11) is 4.12. The highest BCUT2D eigenvalue weighted by atomic mass is 16.5. The van der Waals surface area contributed by atoms with E-state index in [-0.39, 0.29) is 0 Å². The van der Waals surface area contributed by atoms with E-state index >= 15 is 0 Å². The number of hydrogen-bond acceptors (Lipinski definition) is 6. The molecule has 0 radical (unpaired) electrons. The van der Waals surface area contributed by atoms with Crippen molar-refractivity contribution in [3.05, 3.63) is 60.7 Å². The summed E-state index contributed by atoms with van der Waals surface area (Å²) in [6.45, 7) is 3.61. The third-order valence-electron chi connectivity index (χ3n) is 4.41. The molecule has 0 unspecified atom stereocenters. The molecule has 7 heteroatoms. The van der Waals surface area contributed by atoms with Crippen LogP contribution in [-0.4, -0.2) is 50.4 Å². The monoisotopic (exact) mass is 374 g/mol. The molecule has 3 aromatic heterocycles. The summed E-state index contributed by atoms with van der Waals surface area (Å²) in [5.74, 6) is 1.11. The van der Waals surface area contributed by atoms with Crippen molar-refractivity contribution in [2.75, 3.05) is 20.6 Å². The number of pyridine rings is 1. The van der Waals surface area contributed by atoms with E-state index < -0.39 is 0 Å². The predicted molar refractivity (Wildman–Crippen MR) is 107 cm³/mol. The van der Waals surface area contributed by atoms with E-state index in [2.05, 4.69) is 46.3 Å². The van der Waals surface area contributed by atoms with Crippen molar-refractivity contribution in [3.8, 4) is 34.0 Å². The van der Waals surface area contributed by atoms with Crippen LogP contribution in [0.1, 0.15) is 5.82 Å². The first kappa shape index (κ1) is 18.1. The molecule has 0 fully saturated rings. The average Bonchev–Trinajstić information content (AvgIpc) is 3.36. The Labute approximate surface area is 163 Å². The van der Waals surface area contributed by atoms with Crippen LogP contribution < -0.4 is 0 Å². The van der Waals surface area contributed by atoms with Gasteiger partial charge in [-0.2, -0.15) is 10.1 Å². The van der Waals surface area contributed by atoms with Crippen molar-refractivity contribution in [2.45, 2.75) is 13.5 Å². The van der Waals surface area contributed by atoms with Crippen molar-refractivity contribution in [1.29, 1.82) is 0 Å². The molecule has 0 N–H and O–H groups in total. The van der Waals surface area contributed by atoms with Crippen LogP contribution >= 0.6 is 0 Å². The van der Waals surface area contributed by atoms with Crippen LogP contribution in [0.15, 0.2) is 59.4 Å². The molecule has 1 aromatic carbocycles. The Hall–Kier alpha value is -3.32. The van der Waals surface area contributed by atoms with Gasteiger partial charge >= 0.3 is 0 Å². The molecule has 4 aromatic rings. The van der Waals surface area contributed by atoms with Gasteiger partial charge in [-0.3, -0.25) is 9.67 Å². The number of aromatic nitrogens is 5. The molecule has 0 saturated carbocycles. The smallest absolute Gasteiger partial charge is 0.258 e. The lowest BCUT2D eigenvalue weighted by molar-refractivity contribution is 0.373. The molecule has 0 aliphatic carbocycles. The topological polar surface area (TPSA) is 72.9 Å². The minimum absolute atomic E-state index is 0.497. The lowest BCUT2D eigenvalue weighted by Gasteiger charge is -2.08. The van der Waals surface area contributed by atoms with Crippen molar-refractivity contribution in [1.82, 2.24) is 29.8 Å². The maximum Gasteiger partial charge on any atom is 0.258 e. The Kier molecular flexibility index (Phi) is 4.99. The molecule has 0 aliphatic rings. The maximum atomic E-state index is 5.27. The van der Waals surface area contributed by atoms with Crippen LogP contribution in [0.5, 0.6) is 0 Å². The largest absolute Gasteiger partial charge is 0.334 e. The van der Waals surface area contributed by atoms with Gasteiger partial charge in [0.2, 0.25) is 0 Å². The average molecular weight is 374 g/mol. The number of benzene rings is 1. The summed E-state index contributed by atoms with van der Waals surface area (Å²) in [6.07, 6.45) is 3.77. The van der Waals surface area contributed by atoms with E-state index in [9.17, 15) is 0 Å². The van der Waals surface area contributed by atoms with Gasteiger partial charge in [0.15, 0.2) is 5.82 Å². The fourth-order valence-electron chi connectivity index (χ4n) is 2.92. The van der Waals surface area contributed by atoms with Crippen molar-refractivity contribution >= 4 is 0 Å². The number of nitrogens with zero attached hydrogens (tertiary/aromatic N) is 6. The van der Waals surface area contributed by atoms with Crippen LogP contribution in [0.2, 0.25) is 0 Å². The number of likely N-dealkylation sites (N-methyl/N-ethyl adjacent to an activating group) is 1. The maximum absolute atomic E-state index is 5.27. The van der Waals surface area contributed by atoms with Crippen LogP contribution in [0.3, 0.4) is 0 Å². The molecule has 28 heavy (non-hydrogen) atoms. The first-order chi connectivity index (χ1) is 13.6. The van der Waals surface area contributed by atoms with Gasteiger partial charge < -0.3 is 9.42 Å². The minimum atomic E-state index is 0.497. The highest BCUT2D eigenvalue weighted by molar-refractivity contribution is 5.71. The first-order valence-corrected chi connectivity index (χ1v) is 9.14. The SMILES string of the molecule is Cc1noc(-c2ccnc(-c3cccc(-c4ccn(CCN(C)C)n4)c3)c2)n1. The van der Waals surface area contributed by atoms with Crippen LogP contribution in [0.25, 0.3) is 34.0 Å². The highest BCUT2D eigenvalue weighted by Crippen LogP contribution is 2.27. The van der Waals surface area contributed by atoms with Crippen LogP contribution in [0.4, 0.5) is 0 Å². The Morgan fingerprint density at radius 2 is 1.82 bits per heavy atom. The summed E-state index contributed by atoms with van der Waals surface area (Å²) >= 11 is 0. The fraction of sp³-hybridized carbons (Fsp3) is 0.238. The van der Waals surface area contributed by atoms with Gasteiger partial charge in [-0.15, -0.1) is 0 Å². The van der Waals surface area contributed by atoms with Crippen molar-refractivity contribution < 1.29 is 4.52 Å². The second kappa shape index (κ2) is 7.74. The third kappa shape index (κ3) is 3.99. The molecular formula is C21H22N6O. The second-order valence-corrected chi connectivity index (χ2v) is 6.92. The van der Waals surface area contributed by atoms with Gasteiger partial charge in [-0.05, 0) is 45.3 Å². The number of rotatable bonds is 6. The summed E-state index contributed by atoms with van der Waals surface area (Å²) in [5, 5.41) is 8.55. The summed E-state index contributed by atoms with van der Waals surface area (Å²) in [4.78, 5) is 10.9. The molecule has 142 valence electrons. The molecule has 0 aliphatic heterocycles. The molecule has 7 nitrogen and oxygen atoms in total. The van der Waals surface area contributed by atoms with Gasteiger partial charge in [-0.25, -0.2) is 0 Å². The predicted octanol–water partition coefficient (Wildman–Crippen LogP) is 3.53. The van der Waals surface area contributed by atoms with E-state index in [4.69, 9.17) is 9.62 Å². The van der Waals surface area contributed by atoms with Crippen LogP contribution in [-0.2, 0) is 6.54 Å². The Morgan fingerprint density at radius 1 is 1.00 bits per heavy atom. The summed E-state index contributed by atoms with van der Waals surface area (Å²) in [5.41, 5.74) is 4.72. The molecular weight excluding hydrogens is 352 g/mol. The zero-order valence-corrected chi connectivity index (χ0v) is 16.2. The number of hydrogen-bond donors (Lipinski definition) is 0. The first-order valence-electron chi connectivity index (χ1n) is 9.14. The molecule has 0 spiro atoms. The molecule has 0 saturated heterocycles. The van der Waals surface area contributed by atoms with E-state index in [1.54, 1.807) is 13.1 Å². The van der Waals surface area contributed by atoms with Gasteiger partial charge in [0.25, 0.3) is 5.89 Å². The second-order valence-electron chi connectivity index (χ2n) is 6.92. The molecule has 3 heterocycles. The van der Waals surface area contributed by atoms with Gasteiger partial charge in [0.1, 0.15) is 0 Å². The lowest BCUT2D eigenvalue weighted by Crippen LogP contribution is -2.18. The molecule has 4 rings (SSSR count). The van der Waals surface area contributed by atoms with E-state index in [1.165, 1.54) is 0 Å². The summed E-state index contributed by atoms with van der Waals surface area (Å²) < 4.78 is 7.24. The quantitative estimate of drug-likeness (QED) is 0.514. The Bertz CT molecular complexity index is 1080. The number of aryl methyl sites for hydroxylation is 1. The lowest BCUT2D eigenvalue weighted by atomic mass is 10.0. The molecule has 0 atom stereocenters. The Morgan fingerprint density at radius 3 is 2.57 bits per heavy atom. The highest BCUT2D eigenvalue weighted by Gasteiger charge is 2.10. The van der Waals surface area contributed by atoms with Gasteiger partial charge in [0, 0.05) is 35.6 Å². The molecule has 0 amide bonds. The minimum Gasteiger partial charge on any atom is -0.334 e. The van der Waals surface area contributed by atoms with E-state index in [0.717, 1.165) is 41.2 Å². The van der Waals surface area contributed by atoms with E-state index in [0.29, 0.717) is 11.7 Å². The fourth-order valence-corrected chi connectivity index (χ4v) is 2.92. The Balaban J connectivity index is 1.61.